The highest BCUT2D eigenvalue weighted by molar-refractivity contribution is 6.32. The van der Waals surface area contributed by atoms with Crippen LogP contribution in [-0.2, 0) is 10.3 Å². The second-order valence-corrected chi connectivity index (χ2v) is 6.20. The van der Waals surface area contributed by atoms with E-state index in [4.69, 9.17) is 16.3 Å². The summed E-state index contributed by atoms with van der Waals surface area (Å²) < 4.78 is 5.60. The van der Waals surface area contributed by atoms with Crippen LogP contribution in [-0.4, -0.2) is 30.0 Å². The molecule has 0 aromatic heterocycles. The lowest BCUT2D eigenvalue weighted by Gasteiger charge is -2.25. The Balaban J connectivity index is 1.72. The number of hydrogen-bond donors (Lipinski definition) is 1. The lowest BCUT2D eigenvalue weighted by molar-refractivity contribution is -0.132. The first-order valence-electron chi connectivity index (χ1n) is 8.15. The normalized spacial score (nSPS) is 19.8. The van der Waals surface area contributed by atoms with Crippen molar-refractivity contribution in [2.45, 2.75) is 18.9 Å². The van der Waals surface area contributed by atoms with Gasteiger partial charge in [0.05, 0.1) is 11.6 Å². The van der Waals surface area contributed by atoms with Gasteiger partial charge < -0.3 is 10.1 Å². The molecular weight excluding hydrogens is 340 g/mol. The van der Waals surface area contributed by atoms with Crippen LogP contribution in [0, 0.1) is 0 Å². The Bertz CT molecular complexity index is 781. The van der Waals surface area contributed by atoms with Crippen LogP contribution in [0.2, 0.25) is 5.02 Å². The van der Waals surface area contributed by atoms with Gasteiger partial charge in [-0.3, -0.25) is 9.69 Å². The lowest BCUT2D eigenvalue weighted by Crippen LogP contribution is -2.43. The molecule has 0 bridgehead atoms. The van der Waals surface area contributed by atoms with E-state index in [9.17, 15) is 9.59 Å². The Hall–Kier alpha value is -2.53. The number of carbonyl (C=O) groups excluding carboxylic acids is 2. The molecule has 2 aromatic carbocycles. The summed E-state index contributed by atoms with van der Waals surface area (Å²) in [6.07, 6.45) is 0.476. The molecule has 2 aromatic rings. The van der Waals surface area contributed by atoms with Crippen molar-refractivity contribution in [1.29, 1.82) is 0 Å². The van der Waals surface area contributed by atoms with Crippen molar-refractivity contribution in [2.75, 3.05) is 13.2 Å². The monoisotopic (exact) mass is 358 g/mol. The van der Waals surface area contributed by atoms with Crippen LogP contribution in [0.3, 0.4) is 0 Å². The standard InChI is InChI=1S/C19H19ClN2O3/c1-2-19(14-8-4-3-5-9-14)17(23)22(18(24)21-19)12-13-25-16-11-7-6-10-15(16)20/h3-11H,2,12-13H2,1H3,(H,21,24)/t19-/m0/s1. The topological polar surface area (TPSA) is 58.6 Å². The first kappa shape index (κ1) is 17.3. The first-order valence-corrected chi connectivity index (χ1v) is 8.53. The molecule has 3 amide bonds. The molecule has 1 saturated heterocycles. The van der Waals surface area contributed by atoms with Gasteiger partial charge in [0.1, 0.15) is 17.9 Å². The van der Waals surface area contributed by atoms with Crippen LogP contribution in [0.4, 0.5) is 4.79 Å². The maximum absolute atomic E-state index is 12.9. The van der Waals surface area contributed by atoms with Crippen molar-refractivity contribution in [3.05, 3.63) is 65.2 Å². The highest BCUT2D eigenvalue weighted by atomic mass is 35.5. The molecule has 130 valence electrons. The van der Waals surface area contributed by atoms with Crippen molar-refractivity contribution in [2.24, 2.45) is 0 Å². The Morgan fingerprint density at radius 3 is 2.44 bits per heavy atom. The fraction of sp³-hybridized carbons (Fsp3) is 0.263. The van der Waals surface area contributed by atoms with E-state index in [0.717, 1.165) is 5.56 Å². The minimum absolute atomic E-state index is 0.157. The number of hydrogen-bond acceptors (Lipinski definition) is 3. The Morgan fingerprint density at radius 1 is 1.08 bits per heavy atom. The summed E-state index contributed by atoms with van der Waals surface area (Å²) in [4.78, 5) is 26.5. The van der Waals surface area contributed by atoms with E-state index in [1.807, 2.05) is 49.4 Å². The summed E-state index contributed by atoms with van der Waals surface area (Å²) in [5, 5.41) is 3.34. The van der Waals surface area contributed by atoms with E-state index >= 15 is 0 Å². The molecule has 1 atom stereocenters. The predicted molar refractivity (Wildman–Crippen MR) is 95.6 cm³/mol. The van der Waals surface area contributed by atoms with Gasteiger partial charge in [-0.05, 0) is 24.1 Å². The molecule has 1 fully saturated rings. The number of nitrogens with one attached hydrogen (secondary N) is 1. The number of para-hydroxylation sites is 1. The quantitative estimate of drug-likeness (QED) is 0.803. The maximum atomic E-state index is 12.9. The van der Waals surface area contributed by atoms with Crippen LogP contribution < -0.4 is 10.1 Å². The second kappa shape index (κ2) is 7.15. The van der Waals surface area contributed by atoms with Gasteiger partial charge >= 0.3 is 6.03 Å². The summed E-state index contributed by atoms with van der Waals surface area (Å²) in [7, 11) is 0. The van der Waals surface area contributed by atoms with E-state index in [2.05, 4.69) is 5.32 Å². The fourth-order valence-electron chi connectivity index (χ4n) is 3.00. The molecule has 0 aliphatic carbocycles. The number of ether oxygens (including phenoxy) is 1. The van der Waals surface area contributed by atoms with Gasteiger partial charge in [0.2, 0.25) is 0 Å². The van der Waals surface area contributed by atoms with Crippen LogP contribution in [0.1, 0.15) is 18.9 Å². The first-order chi connectivity index (χ1) is 12.1. The zero-order valence-corrected chi connectivity index (χ0v) is 14.6. The molecule has 0 radical (unpaired) electrons. The third-order valence-corrected chi connectivity index (χ3v) is 4.69. The van der Waals surface area contributed by atoms with Gasteiger partial charge in [-0.2, -0.15) is 0 Å². The number of benzene rings is 2. The molecule has 0 unspecified atom stereocenters. The van der Waals surface area contributed by atoms with Crippen molar-refractivity contribution in [1.82, 2.24) is 10.2 Å². The average molecular weight is 359 g/mol. The van der Waals surface area contributed by atoms with E-state index in [1.165, 1.54) is 4.90 Å². The zero-order valence-electron chi connectivity index (χ0n) is 13.9. The molecule has 3 rings (SSSR count). The number of urea groups is 1. The Morgan fingerprint density at radius 2 is 1.76 bits per heavy atom. The summed E-state index contributed by atoms with van der Waals surface area (Å²) in [5.74, 6) is 0.273. The SMILES string of the molecule is CC[C@@]1(c2ccccc2)NC(=O)N(CCOc2ccccc2Cl)C1=O. The van der Waals surface area contributed by atoms with Crippen molar-refractivity contribution < 1.29 is 14.3 Å². The molecule has 5 nitrogen and oxygen atoms in total. The molecule has 0 spiro atoms. The predicted octanol–water partition coefficient (Wildman–Crippen LogP) is 3.58. The van der Waals surface area contributed by atoms with Gasteiger partial charge in [-0.1, -0.05) is 61.0 Å². The van der Waals surface area contributed by atoms with E-state index in [-0.39, 0.29) is 19.1 Å². The summed E-state index contributed by atoms with van der Waals surface area (Å²) >= 11 is 6.04. The molecule has 1 aliphatic rings. The molecule has 25 heavy (non-hydrogen) atoms. The highest BCUT2D eigenvalue weighted by Crippen LogP contribution is 2.32. The van der Waals surface area contributed by atoms with E-state index in [0.29, 0.717) is 17.2 Å². The highest BCUT2D eigenvalue weighted by Gasteiger charge is 2.50. The number of imide groups is 1. The zero-order chi connectivity index (χ0) is 17.9. The Labute approximate surface area is 151 Å². The van der Waals surface area contributed by atoms with Crippen LogP contribution in [0.15, 0.2) is 54.6 Å². The van der Waals surface area contributed by atoms with Crippen LogP contribution in [0.5, 0.6) is 5.75 Å². The number of nitrogens with zero attached hydrogens (tertiary/aromatic N) is 1. The number of carbonyl (C=O) groups is 2. The minimum atomic E-state index is -1.01. The van der Waals surface area contributed by atoms with Gasteiger partial charge in [-0.25, -0.2) is 4.79 Å². The van der Waals surface area contributed by atoms with Gasteiger partial charge in [0.25, 0.3) is 5.91 Å². The number of amides is 3. The fourth-order valence-corrected chi connectivity index (χ4v) is 3.19. The minimum Gasteiger partial charge on any atom is -0.490 e. The van der Waals surface area contributed by atoms with Gasteiger partial charge in [0.15, 0.2) is 0 Å². The third kappa shape index (κ3) is 3.20. The molecular formula is C19H19ClN2O3. The van der Waals surface area contributed by atoms with E-state index in [1.54, 1.807) is 12.1 Å². The van der Waals surface area contributed by atoms with E-state index < -0.39 is 11.6 Å². The van der Waals surface area contributed by atoms with Crippen molar-refractivity contribution >= 4 is 23.5 Å². The smallest absolute Gasteiger partial charge is 0.325 e. The average Bonchev–Trinajstić information content (AvgIpc) is 2.89. The summed E-state index contributed by atoms with van der Waals surface area (Å²) in [6.45, 7) is 2.22. The molecule has 1 aliphatic heterocycles. The number of halogens is 1. The summed E-state index contributed by atoms with van der Waals surface area (Å²) in [6, 6.07) is 16.0. The summed E-state index contributed by atoms with van der Waals surface area (Å²) in [5.41, 5.74) is -0.228. The third-order valence-electron chi connectivity index (χ3n) is 4.38. The number of rotatable bonds is 6. The second-order valence-electron chi connectivity index (χ2n) is 5.79. The molecule has 1 heterocycles. The Kier molecular flexibility index (Phi) is 4.95. The maximum Gasteiger partial charge on any atom is 0.325 e. The van der Waals surface area contributed by atoms with Crippen molar-refractivity contribution in [3.63, 3.8) is 0 Å². The molecule has 1 N–H and O–H groups in total. The largest absolute Gasteiger partial charge is 0.490 e. The van der Waals surface area contributed by atoms with Crippen LogP contribution in [0.25, 0.3) is 0 Å². The van der Waals surface area contributed by atoms with Gasteiger partial charge in [0, 0.05) is 0 Å². The van der Waals surface area contributed by atoms with Gasteiger partial charge in [-0.15, -0.1) is 0 Å². The molecule has 6 heteroatoms. The van der Waals surface area contributed by atoms with Crippen molar-refractivity contribution in [3.8, 4) is 5.75 Å². The lowest BCUT2D eigenvalue weighted by atomic mass is 9.87. The van der Waals surface area contributed by atoms with Crippen LogP contribution >= 0.6 is 11.6 Å². The molecule has 0 saturated carbocycles.